The van der Waals surface area contributed by atoms with Crippen molar-refractivity contribution in [1.29, 1.82) is 0 Å². The Labute approximate surface area is 146 Å². The first-order valence-corrected chi connectivity index (χ1v) is 7.74. The molecule has 0 aromatic heterocycles. The van der Waals surface area contributed by atoms with Crippen LogP contribution in [0.15, 0.2) is 41.5 Å². The summed E-state index contributed by atoms with van der Waals surface area (Å²) in [5, 5.41) is 5.58. The second kappa shape index (κ2) is 8.09. The standard InChI is InChI=1S/C17H18Cl2N2O2/c1-11(14-9-13(18)5-6-15(14)19)21-20-10-12-4-7-16(22-2)17(8-12)23-3/h4-9,20H,10H2,1-3H3/b21-11-. The van der Waals surface area contributed by atoms with E-state index >= 15 is 0 Å². The van der Waals surface area contributed by atoms with Crippen LogP contribution in [-0.4, -0.2) is 19.9 Å². The molecule has 2 aromatic carbocycles. The normalized spacial score (nSPS) is 11.3. The Balaban J connectivity index is 2.07. The fourth-order valence-corrected chi connectivity index (χ4v) is 2.50. The lowest BCUT2D eigenvalue weighted by Gasteiger charge is -2.10. The molecule has 0 spiro atoms. The third kappa shape index (κ3) is 4.53. The molecule has 6 heteroatoms. The summed E-state index contributed by atoms with van der Waals surface area (Å²) >= 11 is 12.2. The molecule has 0 saturated heterocycles. The minimum Gasteiger partial charge on any atom is -0.493 e. The van der Waals surface area contributed by atoms with E-state index in [-0.39, 0.29) is 0 Å². The second-order valence-electron chi connectivity index (χ2n) is 4.85. The minimum atomic E-state index is 0.551. The Bertz CT molecular complexity index is 718. The van der Waals surface area contributed by atoms with Crippen molar-refractivity contribution in [2.45, 2.75) is 13.5 Å². The van der Waals surface area contributed by atoms with Gasteiger partial charge in [-0.1, -0.05) is 29.3 Å². The van der Waals surface area contributed by atoms with Crippen LogP contribution in [0.25, 0.3) is 0 Å². The highest BCUT2D eigenvalue weighted by atomic mass is 35.5. The van der Waals surface area contributed by atoms with Crippen LogP contribution in [0, 0.1) is 0 Å². The average Bonchev–Trinajstić information content (AvgIpc) is 2.56. The Morgan fingerprint density at radius 3 is 2.48 bits per heavy atom. The third-order valence-corrected chi connectivity index (χ3v) is 3.86. The van der Waals surface area contributed by atoms with Gasteiger partial charge in [-0.25, -0.2) is 0 Å². The molecule has 0 fully saturated rings. The van der Waals surface area contributed by atoms with Gasteiger partial charge in [0.15, 0.2) is 11.5 Å². The van der Waals surface area contributed by atoms with Crippen molar-refractivity contribution < 1.29 is 9.47 Å². The summed E-state index contributed by atoms with van der Waals surface area (Å²) in [5.74, 6) is 1.38. The van der Waals surface area contributed by atoms with Crippen LogP contribution >= 0.6 is 23.2 Å². The molecule has 2 aromatic rings. The molecular formula is C17H18Cl2N2O2. The summed E-state index contributed by atoms with van der Waals surface area (Å²) in [6.07, 6.45) is 0. The predicted octanol–water partition coefficient (Wildman–Crippen LogP) is 4.52. The Morgan fingerprint density at radius 1 is 1.04 bits per heavy atom. The van der Waals surface area contributed by atoms with Gasteiger partial charge < -0.3 is 14.9 Å². The molecule has 0 aliphatic carbocycles. The van der Waals surface area contributed by atoms with Gasteiger partial charge in [0.25, 0.3) is 0 Å². The van der Waals surface area contributed by atoms with Gasteiger partial charge in [-0.15, -0.1) is 0 Å². The maximum atomic E-state index is 6.16. The van der Waals surface area contributed by atoms with Crippen LogP contribution in [0.3, 0.4) is 0 Å². The number of ether oxygens (including phenoxy) is 2. The lowest BCUT2D eigenvalue weighted by molar-refractivity contribution is 0.354. The fraction of sp³-hybridized carbons (Fsp3) is 0.235. The zero-order valence-electron chi connectivity index (χ0n) is 13.2. The number of nitrogens with one attached hydrogen (secondary N) is 1. The molecule has 122 valence electrons. The summed E-state index contributed by atoms with van der Waals surface area (Å²) < 4.78 is 10.5. The second-order valence-corrected chi connectivity index (χ2v) is 5.69. The molecular weight excluding hydrogens is 335 g/mol. The number of methoxy groups -OCH3 is 2. The van der Waals surface area contributed by atoms with Crippen molar-refractivity contribution in [2.75, 3.05) is 14.2 Å². The van der Waals surface area contributed by atoms with E-state index in [2.05, 4.69) is 10.5 Å². The zero-order valence-corrected chi connectivity index (χ0v) is 14.7. The molecule has 0 atom stereocenters. The first-order valence-electron chi connectivity index (χ1n) is 6.98. The lowest BCUT2D eigenvalue weighted by Crippen LogP contribution is -2.10. The van der Waals surface area contributed by atoms with Crippen molar-refractivity contribution in [3.63, 3.8) is 0 Å². The molecule has 23 heavy (non-hydrogen) atoms. The van der Waals surface area contributed by atoms with Crippen molar-refractivity contribution in [1.82, 2.24) is 5.43 Å². The monoisotopic (exact) mass is 352 g/mol. The number of hydrogen-bond acceptors (Lipinski definition) is 4. The minimum absolute atomic E-state index is 0.551. The number of rotatable bonds is 6. The van der Waals surface area contributed by atoms with Gasteiger partial charge in [0, 0.05) is 15.6 Å². The van der Waals surface area contributed by atoms with Crippen molar-refractivity contribution >= 4 is 28.9 Å². The molecule has 0 heterocycles. The van der Waals surface area contributed by atoms with Gasteiger partial charge in [0.2, 0.25) is 0 Å². The highest BCUT2D eigenvalue weighted by molar-refractivity contribution is 6.36. The molecule has 0 radical (unpaired) electrons. The van der Waals surface area contributed by atoms with Gasteiger partial charge >= 0.3 is 0 Å². The molecule has 1 N–H and O–H groups in total. The van der Waals surface area contributed by atoms with E-state index in [4.69, 9.17) is 32.7 Å². The van der Waals surface area contributed by atoms with Crippen molar-refractivity contribution in [3.8, 4) is 11.5 Å². The molecule has 0 aliphatic rings. The summed E-state index contributed by atoms with van der Waals surface area (Å²) in [4.78, 5) is 0. The number of hydrogen-bond donors (Lipinski definition) is 1. The van der Waals surface area contributed by atoms with Crippen LogP contribution in [0.4, 0.5) is 0 Å². The molecule has 0 aliphatic heterocycles. The third-order valence-electron chi connectivity index (χ3n) is 3.30. The van der Waals surface area contributed by atoms with Crippen LogP contribution in [0.1, 0.15) is 18.1 Å². The van der Waals surface area contributed by atoms with E-state index in [1.807, 2.05) is 25.1 Å². The number of halogens is 2. The fourth-order valence-electron chi connectivity index (χ4n) is 2.07. The first kappa shape index (κ1) is 17.4. The van der Waals surface area contributed by atoms with Crippen molar-refractivity contribution in [3.05, 3.63) is 57.6 Å². The largest absolute Gasteiger partial charge is 0.493 e. The highest BCUT2D eigenvalue weighted by Crippen LogP contribution is 2.27. The van der Waals surface area contributed by atoms with E-state index in [9.17, 15) is 0 Å². The summed E-state index contributed by atoms with van der Waals surface area (Å²) in [7, 11) is 3.22. The number of nitrogens with zero attached hydrogens (tertiary/aromatic N) is 1. The SMILES string of the molecule is COc1ccc(CN/N=C(/C)c2cc(Cl)ccc2Cl)cc1OC. The Kier molecular flexibility index (Phi) is 6.13. The van der Waals surface area contributed by atoms with Gasteiger partial charge in [-0.05, 0) is 42.8 Å². The summed E-state index contributed by atoms with van der Waals surface area (Å²) in [6.45, 7) is 2.43. The van der Waals surface area contributed by atoms with E-state index in [0.29, 0.717) is 28.1 Å². The Hall–Kier alpha value is -1.91. The Morgan fingerprint density at radius 2 is 1.78 bits per heavy atom. The summed E-state index contributed by atoms with van der Waals surface area (Å²) in [6, 6.07) is 11.0. The maximum Gasteiger partial charge on any atom is 0.161 e. The zero-order chi connectivity index (χ0) is 16.8. The maximum absolute atomic E-state index is 6.16. The average molecular weight is 353 g/mol. The quantitative estimate of drug-likeness (QED) is 0.613. The molecule has 0 bridgehead atoms. The molecule has 0 saturated carbocycles. The van der Waals surface area contributed by atoms with Gasteiger partial charge in [0.05, 0.1) is 26.5 Å². The van der Waals surface area contributed by atoms with Gasteiger partial charge in [0.1, 0.15) is 0 Å². The van der Waals surface area contributed by atoms with Crippen LogP contribution in [-0.2, 0) is 6.54 Å². The lowest BCUT2D eigenvalue weighted by atomic mass is 10.1. The smallest absolute Gasteiger partial charge is 0.161 e. The number of hydrazone groups is 1. The van der Waals surface area contributed by atoms with E-state index in [1.165, 1.54) is 0 Å². The molecule has 0 amide bonds. The topological polar surface area (TPSA) is 42.8 Å². The van der Waals surface area contributed by atoms with E-state index in [1.54, 1.807) is 32.4 Å². The predicted molar refractivity (Wildman–Crippen MR) is 95.1 cm³/mol. The van der Waals surface area contributed by atoms with Crippen molar-refractivity contribution in [2.24, 2.45) is 5.10 Å². The van der Waals surface area contributed by atoms with Crippen LogP contribution < -0.4 is 14.9 Å². The van der Waals surface area contributed by atoms with Crippen LogP contribution in [0.5, 0.6) is 11.5 Å². The van der Waals surface area contributed by atoms with Gasteiger partial charge in [-0.3, -0.25) is 0 Å². The highest BCUT2D eigenvalue weighted by Gasteiger charge is 2.06. The molecule has 0 unspecified atom stereocenters. The van der Waals surface area contributed by atoms with E-state index in [0.717, 1.165) is 16.8 Å². The van der Waals surface area contributed by atoms with Crippen LogP contribution in [0.2, 0.25) is 10.0 Å². The number of benzene rings is 2. The molecule has 4 nitrogen and oxygen atoms in total. The first-order chi connectivity index (χ1) is 11.0. The summed E-state index contributed by atoms with van der Waals surface area (Å²) in [5.41, 5.74) is 5.62. The molecule has 2 rings (SSSR count). The van der Waals surface area contributed by atoms with E-state index < -0.39 is 0 Å². The van der Waals surface area contributed by atoms with Gasteiger partial charge in [-0.2, -0.15) is 5.10 Å².